The van der Waals surface area contributed by atoms with Gasteiger partial charge in [0.05, 0.1) is 7.11 Å². The zero-order valence-corrected chi connectivity index (χ0v) is 14.1. The van der Waals surface area contributed by atoms with Crippen LogP contribution in [0, 0.1) is 0 Å². The molecule has 0 aliphatic rings. The van der Waals surface area contributed by atoms with Gasteiger partial charge in [-0.2, -0.15) is 0 Å². The van der Waals surface area contributed by atoms with Gasteiger partial charge in [0, 0.05) is 6.08 Å². The van der Waals surface area contributed by atoms with Crippen molar-refractivity contribution in [1.82, 2.24) is 0 Å². The summed E-state index contributed by atoms with van der Waals surface area (Å²) in [7, 11) is 1.39. The van der Waals surface area contributed by atoms with Gasteiger partial charge in [0.1, 0.15) is 0 Å². The minimum absolute atomic E-state index is 0.297. The van der Waals surface area contributed by atoms with Crippen LogP contribution in [0.2, 0.25) is 0 Å². The lowest BCUT2D eigenvalue weighted by atomic mass is 10.1. The van der Waals surface area contributed by atoms with Crippen molar-refractivity contribution in [3.8, 4) is 0 Å². The van der Waals surface area contributed by atoms with Gasteiger partial charge in [-0.3, -0.25) is 0 Å². The lowest BCUT2D eigenvalue weighted by molar-refractivity contribution is -0.134. The molecular formula is C19H34O2. The fourth-order valence-electron chi connectivity index (χ4n) is 2.30. The van der Waals surface area contributed by atoms with Crippen molar-refractivity contribution in [3.05, 3.63) is 24.3 Å². The van der Waals surface area contributed by atoms with E-state index in [9.17, 15) is 4.79 Å². The first-order valence-electron chi connectivity index (χ1n) is 8.72. The van der Waals surface area contributed by atoms with Crippen molar-refractivity contribution in [2.75, 3.05) is 7.11 Å². The Kier molecular flexibility index (Phi) is 16.2. The molecule has 2 nitrogen and oxygen atoms in total. The van der Waals surface area contributed by atoms with Gasteiger partial charge in [-0.25, -0.2) is 4.79 Å². The highest BCUT2D eigenvalue weighted by Gasteiger charge is 1.92. The summed E-state index contributed by atoms with van der Waals surface area (Å²) in [4.78, 5) is 10.8. The molecule has 0 aromatic rings. The van der Waals surface area contributed by atoms with Crippen molar-refractivity contribution in [1.29, 1.82) is 0 Å². The summed E-state index contributed by atoms with van der Waals surface area (Å²) in [6.07, 6.45) is 23.5. The second-order valence-corrected chi connectivity index (χ2v) is 5.63. The molecule has 0 rings (SSSR count). The molecule has 0 spiro atoms. The standard InChI is InChI=1S/C19H34O2/c1-3-4-5-6-7-8-9-10-11-12-13-14-15-16-17-18-19(20)21-2/h15-18H,3-14H2,1-2H3/b16-15+,18-17-. The van der Waals surface area contributed by atoms with E-state index in [1.165, 1.54) is 83.8 Å². The average Bonchev–Trinajstić information content (AvgIpc) is 2.50. The van der Waals surface area contributed by atoms with E-state index in [0.717, 1.165) is 6.42 Å². The summed E-state index contributed by atoms with van der Waals surface area (Å²) in [6.45, 7) is 2.27. The highest BCUT2D eigenvalue weighted by molar-refractivity contribution is 5.82. The molecule has 0 atom stereocenters. The summed E-state index contributed by atoms with van der Waals surface area (Å²) in [5, 5.41) is 0. The number of carbonyl (C=O) groups excluding carboxylic acids is 1. The Morgan fingerprint density at radius 2 is 1.33 bits per heavy atom. The summed E-state index contributed by atoms with van der Waals surface area (Å²) < 4.78 is 4.51. The molecule has 0 saturated heterocycles. The topological polar surface area (TPSA) is 26.3 Å². The predicted molar refractivity (Wildman–Crippen MR) is 91.4 cm³/mol. The third-order valence-electron chi connectivity index (χ3n) is 3.66. The van der Waals surface area contributed by atoms with Crippen LogP contribution in [0.5, 0.6) is 0 Å². The van der Waals surface area contributed by atoms with Gasteiger partial charge >= 0.3 is 5.97 Å². The molecule has 0 amide bonds. The second-order valence-electron chi connectivity index (χ2n) is 5.63. The van der Waals surface area contributed by atoms with Gasteiger partial charge < -0.3 is 4.74 Å². The van der Waals surface area contributed by atoms with E-state index in [4.69, 9.17) is 0 Å². The molecule has 0 saturated carbocycles. The van der Waals surface area contributed by atoms with Crippen molar-refractivity contribution >= 4 is 5.97 Å². The van der Waals surface area contributed by atoms with Crippen LogP contribution in [-0.4, -0.2) is 13.1 Å². The number of hydrogen-bond donors (Lipinski definition) is 0. The molecule has 0 aromatic carbocycles. The van der Waals surface area contributed by atoms with Gasteiger partial charge in [-0.05, 0) is 12.8 Å². The van der Waals surface area contributed by atoms with E-state index < -0.39 is 0 Å². The lowest BCUT2D eigenvalue weighted by Gasteiger charge is -2.01. The molecular weight excluding hydrogens is 260 g/mol. The monoisotopic (exact) mass is 294 g/mol. The number of ether oxygens (including phenoxy) is 1. The van der Waals surface area contributed by atoms with Crippen LogP contribution in [0.3, 0.4) is 0 Å². The minimum Gasteiger partial charge on any atom is -0.466 e. The highest BCUT2D eigenvalue weighted by atomic mass is 16.5. The first-order chi connectivity index (χ1) is 10.3. The lowest BCUT2D eigenvalue weighted by Crippen LogP contribution is -1.92. The smallest absolute Gasteiger partial charge is 0.330 e. The van der Waals surface area contributed by atoms with Gasteiger partial charge in [-0.1, -0.05) is 89.4 Å². The normalized spacial score (nSPS) is 11.5. The summed E-state index contributed by atoms with van der Waals surface area (Å²) in [6, 6.07) is 0. The van der Waals surface area contributed by atoms with E-state index in [0.29, 0.717) is 0 Å². The predicted octanol–water partition coefficient (Wildman–Crippen LogP) is 5.97. The van der Waals surface area contributed by atoms with Crippen molar-refractivity contribution in [3.63, 3.8) is 0 Å². The fourth-order valence-corrected chi connectivity index (χ4v) is 2.30. The Labute approximate surface area is 131 Å². The molecule has 122 valence electrons. The van der Waals surface area contributed by atoms with Crippen LogP contribution in [0.25, 0.3) is 0 Å². The SMILES string of the molecule is CCCCCCCCCCCCC/C=C/C=C\C(=O)OC. The van der Waals surface area contributed by atoms with Crippen LogP contribution in [-0.2, 0) is 9.53 Å². The molecule has 0 aliphatic heterocycles. The molecule has 0 aromatic heterocycles. The van der Waals surface area contributed by atoms with Gasteiger partial charge in [0.2, 0.25) is 0 Å². The van der Waals surface area contributed by atoms with Crippen LogP contribution < -0.4 is 0 Å². The van der Waals surface area contributed by atoms with Crippen LogP contribution in [0.1, 0.15) is 84.0 Å². The molecule has 0 heterocycles. The molecule has 0 N–H and O–H groups in total. The van der Waals surface area contributed by atoms with Crippen LogP contribution in [0.15, 0.2) is 24.3 Å². The number of allylic oxidation sites excluding steroid dienone is 3. The molecule has 0 unspecified atom stereocenters. The molecule has 0 radical (unpaired) electrons. The third-order valence-corrected chi connectivity index (χ3v) is 3.66. The summed E-state index contributed by atoms with van der Waals surface area (Å²) >= 11 is 0. The van der Waals surface area contributed by atoms with Crippen LogP contribution in [0.4, 0.5) is 0 Å². The zero-order chi connectivity index (χ0) is 15.6. The maximum absolute atomic E-state index is 10.8. The Bertz CT molecular complexity index is 279. The molecule has 0 bridgehead atoms. The zero-order valence-electron chi connectivity index (χ0n) is 14.1. The Morgan fingerprint density at radius 1 is 0.810 bits per heavy atom. The number of hydrogen-bond acceptors (Lipinski definition) is 2. The van der Waals surface area contributed by atoms with E-state index in [1.807, 2.05) is 6.08 Å². The van der Waals surface area contributed by atoms with E-state index in [2.05, 4.69) is 17.7 Å². The highest BCUT2D eigenvalue weighted by Crippen LogP contribution is 2.11. The first-order valence-corrected chi connectivity index (χ1v) is 8.72. The van der Waals surface area contributed by atoms with Gasteiger partial charge in [-0.15, -0.1) is 0 Å². The molecule has 0 aliphatic carbocycles. The van der Waals surface area contributed by atoms with Crippen molar-refractivity contribution < 1.29 is 9.53 Å². The number of rotatable bonds is 14. The minimum atomic E-state index is -0.297. The first kappa shape index (κ1) is 19.9. The maximum atomic E-state index is 10.8. The maximum Gasteiger partial charge on any atom is 0.330 e. The Balaban J connectivity index is 3.17. The fraction of sp³-hybridized carbons (Fsp3) is 0.737. The van der Waals surface area contributed by atoms with Gasteiger partial charge in [0.25, 0.3) is 0 Å². The Morgan fingerprint density at radius 3 is 1.86 bits per heavy atom. The van der Waals surface area contributed by atoms with Crippen molar-refractivity contribution in [2.45, 2.75) is 84.0 Å². The third kappa shape index (κ3) is 16.9. The number of methoxy groups -OCH3 is 1. The second kappa shape index (κ2) is 17.0. The molecule has 2 heteroatoms. The molecule has 21 heavy (non-hydrogen) atoms. The number of esters is 1. The Hall–Kier alpha value is -1.05. The summed E-state index contributed by atoms with van der Waals surface area (Å²) in [5.74, 6) is -0.297. The van der Waals surface area contributed by atoms with E-state index in [-0.39, 0.29) is 5.97 Å². The van der Waals surface area contributed by atoms with E-state index in [1.54, 1.807) is 6.08 Å². The number of carbonyl (C=O) groups is 1. The quantitative estimate of drug-likeness (QED) is 0.171. The number of unbranched alkanes of at least 4 members (excludes halogenated alkanes) is 11. The average molecular weight is 294 g/mol. The summed E-state index contributed by atoms with van der Waals surface area (Å²) in [5.41, 5.74) is 0. The van der Waals surface area contributed by atoms with Crippen LogP contribution >= 0.6 is 0 Å². The van der Waals surface area contributed by atoms with Gasteiger partial charge in [0.15, 0.2) is 0 Å². The largest absolute Gasteiger partial charge is 0.466 e. The molecule has 0 fully saturated rings. The van der Waals surface area contributed by atoms with Crippen molar-refractivity contribution in [2.24, 2.45) is 0 Å². The van der Waals surface area contributed by atoms with E-state index >= 15 is 0 Å².